The van der Waals surface area contributed by atoms with Crippen molar-refractivity contribution < 1.29 is 21.6 Å². The van der Waals surface area contributed by atoms with E-state index < -0.39 is 24.5 Å². The number of fused-ring (bicyclic) bond motifs is 1. The standard InChI is InChI=1S/C21H20Cl2N2O5S2/c1-21(2,13-22)20(26)24-14-9-11-15(12-10-14)25-32(29,30)19-8-4-5-16-17(19)6-3-7-18(16)31(23,27)28/h3-12,25H,13H2,1-2H3,(H,24,26). The lowest BCUT2D eigenvalue weighted by molar-refractivity contribution is -0.122. The third kappa shape index (κ3) is 5.17. The van der Waals surface area contributed by atoms with E-state index in [-0.39, 0.29) is 38.0 Å². The van der Waals surface area contributed by atoms with Crippen LogP contribution in [-0.2, 0) is 23.9 Å². The van der Waals surface area contributed by atoms with Crippen LogP contribution in [0.5, 0.6) is 0 Å². The number of sulfonamides is 1. The summed E-state index contributed by atoms with van der Waals surface area (Å²) >= 11 is 5.81. The van der Waals surface area contributed by atoms with Gasteiger partial charge in [0.15, 0.2) is 0 Å². The van der Waals surface area contributed by atoms with Crippen LogP contribution in [-0.4, -0.2) is 28.6 Å². The molecule has 0 atom stereocenters. The van der Waals surface area contributed by atoms with Crippen LogP contribution in [0.4, 0.5) is 11.4 Å². The Morgan fingerprint density at radius 2 is 1.34 bits per heavy atom. The average Bonchev–Trinajstić information content (AvgIpc) is 2.73. The molecule has 0 aliphatic rings. The molecular formula is C21H20Cl2N2O5S2. The summed E-state index contributed by atoms with van der Waals surface area (Å²) in [5.41, 5.74) is -0.0121. The zero-order chi connectivity index (χ0) is 23.7. The zero-order valence-corrected chi connectivity index (χ0v) is 20.2. The molecule has 0 aliphatic carbocycles. The first-order valence-electron chi connectivity index (χ1n) is 9.32. The van der Waals surface area contributed by atoms with E-state index in [9.17, 15) is 21.6 Å². The second-order valence-electron chi connectivity index (χ2n) is 7.70. The number of alkyl halides is 1. The summed E-state index contributed by atoms with van der Waals surface area (Å²) in [6.45, 7) is 3.42. The summed E-state index contributed by atoms with van der Waals surface area (Å²) in [4.78, 5) is 12.0. The van der Waals surface area contributed by atoms with Gasteiger partial charge in [-0.05, 0) is 50.2 Å². The second-order valence-corrected chi connectivity index (χ2v) is 12.2. The average molecular weight is 515 g/mol. The van der Waals surface area contributed by atoms with E-state index >= 15 is 0 Å². The van der Waals surface area contributed by atoms with Gasteiger partial charge in [0.1, 0.15) is 0 Å². The molecule has 2 N–H and O–H groups in total. The maximum atomic E-state index is 13.0. The van der Waals surface area contributed by atoms with Crippen LogP contribution in [0.1, 0.15) is 13.8 Å². The van der Waals surface area contributed by atoms with Crippen LogP contribution >= 0.6 is 22.3 Å². The molecule has 0 fully saturated rings. The predicted molar refractivity (Wildman–Crippen MR) is 127 cm³/mol. The number of halogens is 2. The smallest absolute Gasteiger partial charge is 0.262 e. The third-order valence-electron chi connectivity index (χ3n) is 4.74. The molecule has 0 aliphatic heterocycles. The number of hydrogen-bond donors (Lipinski definition) is 2. The number of anilines is 2. The van der Waals surface area contributed by atoms with Crippen molar-refractivity contribution in [1.82, 2.24) is 0 Å². The summed E-state index contributed by atoms with van der Waals surface area (Å²) in [7, 11) is -2.63. The molecule has 0 saturated heterocycles. The third-order valence-corrected chi connectivity index (χ3v) is 8.23. The predicted octanol–water partition coefficient (Wildman–Crippen LogP) is 4.77. The fourth-order valence-corrected chi connectivity index (χ4v) is 5.38. The Labute approximate surface area is 196 Å². The zero-order valence-electron chi connectivity index (χ0n) is 17.1. The van der Waals surface area contributed by atoms with Crippen LogP contribution in [0.15, 0.2) is 70.5 Å². The molecular weight excluding hydrogens is 495 g/mol. The molecule has 7 nitrogen and oxygen atoms in total. The highest BCUT2D eigenvalue weighted by Crippen LogP contribution is 2.31. The molecule has 170 valence electrons. The number of carbonyl (C=O) groups excluding carboxylic acids is 1. The lowest BCUT2D eigenvalue weighted by Crippen LogP contribution is -2.32. The van der Waals surface area contributed by atoms with Crippen molar-refractivity contribution in [2.45, 2.75) is 23.6 Å². The lowest BCUT2D eigenvalue weighted by atomic mass is 9.95. The molecule has 32 heavy (non-hydrogen) atoms. The van der Waals surface area contributed by atoms with Gasteiger partial charge in [0, 0.05) is 38.7 Å². The van der Waals surface area contributed by atoms with E-state index in [1.54, 1.807) is 26.0 Å². The van der Waals surface area contributed by atoms with Crippen LogP contribution in [0.25, 0.3) is 10.8 Å². The van der Waals surface area contributed by atoms with E-state index in [4.69, 9.17) is 22.3 Å². The van der Waals surface area contributed by atoms with Crippen molar-refractivity contribution in [3.63, 3.8) is 0 Å². The van der Waals surface area contributed by atoms with Crippen molar-refractivity contribution in [1.29, 1.82) is 0 Å². The molecule has 1 amide bonds. The molecule has 0 aromatic heterocycles. The van der Waals surface area contributed by atoms with Gasteiger partial charge in [-0.25, -0.2) is 16.8 Å². The highest BCUT2D eigenvalue weighted by atomic mass is 35.7. The number of rotatable bonds is 7. The molecule has 3 rings (SSSR count). The van der Waals surface area contributed by atoms with Crippen LogP contribution in [0.2, 0.25) is 0 Å². The fraction of sp³-hybridized carbons (Fsp3) is 0.190. The molecule has 3 aromatic rings. The first-order chi connectivity index (χ1) is 14.8. The van der Waals surface area contributed by atoms with E-state index in [1.165, 1.54) is 48.5 Å². The number of amides is 1. The molecule has 0 saturated carbocycles. The molecule has 0 spiro atoms. The monoisotopic (exact) mass is 514 g/mol. The van der Waals surface area contributed by atoms with E-state index in [0.717, 1.165) is 0 Å². The van der Waals surface area contributed by atoms with Gasteiger partial charge in [0.05, 0.1) is 15.2 Å². The number of nitrogens with one attached hydrogen (secondary N) is 2. The minimum absolute atomic E-state index is 0.0987. The fourth-order valence-electron chi connectivity index (χ4n) is 2.89. The molecule has 0 bridgehead atoms. The topological polar surface area (TPSA) is 109 Å². The maximum Gasteiger partial charge on any atom is 0.262 e. The second kappa shape index (κ2) is 8.90. The molecule has 0 heterocycles. The number of hydrogen-bond acceptors (Lipinski definition) is 5. The minimum atomic E-state index is -4.06. The molecule has 0 unspecified atom stereocenters. The normalized spacial score (nSPS) is 12.5. The Balaban J connectivity index is 1.91. The van der Waals surface area contributed by atoms with Crippen LogP contribution in [0, 0.1) is 5.41 Å². The highest BCUT2D eigenvalue weighted by molar-refractivity contribution is 8.14. The number of carbonyl (C=O) groups is 1. The molecule has 11 heteroatoms. The summed E-state index contributed by atoms with van der Waals surface area (Å²) in [5.74, 6) is -0.115. The van der Waals surface area contributed by atoms with Crippen molar-refractivity contribution in [3.05, 3.63) is 60.7 Å². The molecule has 0 radical (unpaired) electrons. The first kappa shape index (κ1) is 24.3. The Morgan fingerprint density at radius 1 is 0.844 bits per heavy atom. The maximum absolute atomic E-state index is 13.0. The quantitative estimate of drug-likeness (QED) is 0.348. The van der Waals surface area contributed by atoms with Gasteiger partial charge >= 0.3 is 0 Å². The van der Waals surface area contributed by atoms with Crippen LogP contribution < -0.4 is 10.0 Å². The van der Waals surface area contributed by atoms with Gasteiger partial charge in [-0.1, -0.05) is 24.3 Å². The van der Waals surface area contributed by atoms with Gasteiger partial charge in [-0.3, -0.25) is 9.52 Å². The Kier molecular flexibility index (Phi) is 6.76. The van der Waals surface area contributed by atoms with E-state index in [1.807, 2.05) is 0 Å². The van der Waals surface area contributed by atoms with Crippen molar-refractivity contribution in [2.75, 3.05) is 15.9 Å². The Hall–Kier alpha value is -2.33. The first-order valence-corrected chi connectivity index (χ1v) is 13.6. The van der Waals surface area contributed by atoms with Gasteiger partial charge in [-0.15, -0.1) is 11.6 Å². The van der Waals surface area contributed by atoms with Gasteiger partial charge in [0.25, 0.3) is 19.1 Å². The summed E-state index contributed by atoms with van der Waals surface area (Å²) in [6, 6.07) is 14.7. The summed E-state index contributed by atoms with van der Waals surface area (Å²) in [5, 5.41) is 3.15. The summed E-state index contributed by atoms with van der Waals surface area (Å²) < 4.78 is 52.2. The van der Waals surface area contributed by atoms with Gasteiger partial charge in [0.2, 0.25) is 5.91 Å². The van der Waals surface area contributed by atoms with Gasteiger partial charge in [-0.2, -0.15) is 0 Å². The Bertz CT molecular complexity index is 1390. The summed E-state index contributed by atoms with van der Waals surface area (Å²) in [6.07, 6.45) is 0. The van der Waals surface area contributed by atoms with E-state index in [2.05, 4.69) is 10.0 Å². The van der Waals surface area contributed by atoms with Gasteiger partial charge < -0.3 is 5.32 Å². The number of benzene rings is 3. The highest BCUT2D eigenvalue weighted by Gasteiger charge is 2.26. The van der Waals surface area contributed by atoms with Crippen molar-refractivity contribution in [2.24, 2.45) is 5.41 Å². The Morgan fingerprint density at radius 3 is 1.88 bits per heavy atom. The largest absolute Gasteiger partial charge is 0.326 e. The minimum Gasteiger partial charge on any atom is -0.326 e. The SMILES string of the molecule is CC(C)(CCl)C(=O)Nc1ccc(NS(=O)(=O)c2cccc3c(S(=O)(=O)Cl)cccc23)cc1. The molecule has 3 aromatic carbocycles. The lowest BCUT2D eigenvalue weighted by Gasteiger charge is -2.20. The van der Waals surface area contributed by atoms with Crippen LogP contribution in [0.3, 0.4) is 0 Å². The van der Waals surface area contributed by atoms with Crippen molar-refractivity contribution in [3.8, 4) is 0 Å². The van der Waals surface area contributed by atoms with Crippen molar-refractivity contribution >= 4 is 69.4 Å². The van der Waals surface area contributed by atoms with E-state index in [0.29, 0.717) is 5.69 Å².